The maximum atomic E-state index is 9.39. The first-order valence-electron chi connectivity index (χ1n) is 5.21. The van der Waals surface area contributed by atoms with E-state index < -0.39 is 0 Å². The molecule has 15 heavy (non-hydrogen) atoms. The summed E-state index contributed by atoms with van der Waals surface area (Å²) in [5.74, 6) is 0.718. The first-order chi connectivity index (χ1) is 7.27. The Morgan fingerprint density at radius 1 is 1.33 bits per heavy atom. The van der Waals surface area contributed by atoms with Crippen molar-refractivity contribution in [2.75, 3.05) is 20.3 Å². The molecule has 0 fully saturated rings. The number of methoxy groups -OCH3 is 1. The average molecular weight is 210 g/mol. The molecule has 0 saturated carbocycles. The Hall–Kier alpha value is -1.22. The fourth-order valence-electron chi connectivity index (χ4n) is 1.40. The van der Waals surface area contributed by atoms with E-state index in [4.69, 9.17) is 9.47 Å². The second-order valence-corrected chi connectivity index (χ2v) is 3.31. The van der Waals surface area contributed by atoms with E-state index in [-0.39, 0.29) is 5.75 Å². The number of hydrogen-bond acceptors (Lipinski definition) is 3. The van der Waals surface area contributed by atoms with Crippen LogP contribution in [0.3, 0.4) is 0 Å². The molecule has 0 aliphatic rings. The summed E-state index contributed by atoms with van der Waals surface area (Å²) in [5, 5.41) is 9.39. The van der Waals surface area contributed by atoms with Crippen molar-refractivity contribution in [3.05, 3.63) is 23.8 Å². The Labute approximate surface area is 90.6 Å². The van der Waals surface area contributed by atoms with Crippen molar-refractivity contribution in [1.82, 2.24) is 0 Å². The molecule has 0 aromatic heterocycles. The second-order valence-electron chi connectivity index (χ2n) is 3.31. The topological polar surface area (TPSA) is 38.7 Å². The fraction of sp³-hybridized carbons (Fsp3) is 0.500. The van der Waals surface area contributed by atoms with Crippen LogP contribution in [0.15, 0.2) is 18.2 Å². The highest BCUT2D eigenvalue weighted by molar-refractivity contribution is 5.41. The molecule has 0 amide bonds. The lowest BCUT2D eigenvalue weighted by Crippen LogP contribution is -1.96. The molecule has 3 heteroatoms. The van der Waals surface area contributed by atoms with Gasteiger partial charge in [0.1, 0.15) is 0 Å². The van der Waals surface area contributed by atoms with Gasteiger partial charge >= 0.3 is 0 Å². The Morgan fingerprint density at radius 2 is 2.13 bits per heavy atom. The Balaban J connectivity index is 2.47. The van der Waals surface area contributed by atoms with Gasteiger partial charge in [0.15, 0.2) is 11.5 Å². The Kier molecular flexibility index (Phi) is 4.98. The summed E-state index contributed by atoms with van der Waals surface area (Å²) < 4.78 is 10.3. The first-order valence-corrected chi connectivity index (χ1v) is 5.21. The summed E-state index contributed by atoms with van der Waals surface area (Å²) in [7, 11) is 1.55. The Bertz CT molecular complexity index is 297. The lowest BCUT2D eigenvalue weighted by atomic mass is 10.1. The highest BCUT2D eigenvalue weighted by Crippen LogP contribution is 2.26. The van der Waals surface area contributed by atoms with E-state index in [1.54, 1.807) is 13.2 Å². The third kappa shape index (κ3) is 3.80. The molecule has 0 unspecified atom stereocenters. The molecule has 0 aliphatic heterocycles. The van der Waals surface area contributed by atoms with E-state index >= 15 is 0 Å². The number of aryl methyl sites for hydroxylation is 1. The number of phenols is 1. The molecule has 1 aromatic carbocycles. The number of aromatic hydroxyl groups is 1. The predicted octanol–water partition coefficient (Wildman–Crippen LogP) is 2.37. The molecular weight excluding hydrogens is 192 g/mol. The van der Waals surface area contributed by atoms with Crippen molar-refractivity contribution in [1.29, 1.82) is 0 Å². The van der Waals surface area contributed by atoms with Crippen LogP contribution in [0.5, 0.6) is 11.5 Å². The number of ether oxygens (including phenoxy) is 2. The van der Waals surface area contributed by atoms with Gasteiger partial charge < -0.3 is 14.6 Å². The molecular formula is C12H18O3. The quantitative estimate of drug-likeness (QED) is 0.732. The van der Waals surface area contributed by atoms with E-state index in [1.807, 2.05) is 19.1 Å². The van der Waals surface area contributed by atoms with Gasteiger partial charge in [-0.25, -0.2) is 0 Å². The van der Waals surface area contributed by atoms with Gasteiger partial charge in [-0.15, -0.1) is 0 Å². The normalized spacial score (nSPS) is 10.3. The van der Waals surface area contributed by atoms with Gasteiger partial charge in [0, 0.05) is 13.2 Å². The summed E-state index contributed by atoms with van der Waals surface area (Å²) in [5.41, 5.74) is 1.16. The van der Waals surface area contributed by atoms with Crippen molar-refractivity contribution in [2.45, 2.75) is 19.8 Å². The molecule has 84 valence electrons. The molecule has 3 nitrogen and oxygen atoms in total. The zero-order chi connectivity index (χ0) is 11.1. The number of benzene rings is 1. The first kappa shape index (κ1) is 11.9. The van der Waals surface area contributed by atoms with Crippen molar-refractivity contribution in [3.63, 3.8) is 0 Å². The van der Waals surface area contributed by atoms with E-state index in [9.17, 15) is 5.11 Å². The van der Waals surface area contributed by atoms with Crippen molar-refractivity contribution >= 4 is 0 Å². The highest BCUT2D eigenvalue weighted by atomic mass is 16.5. The molecule has 1 aromatic rings. The lowest BCUT2D eigenvalue weighted by Gasteiger charge is -2.06. The molecule has 0 spiro atoms. The van der Waals surface area contributed by atoms with Crippen LogP contribution in [0, 0.1) is 0 Å². The molecule has 0 radical (unpaired) electrons. The van der Waals surface area contributed by atoms with Gasteiger partial charge in [0.2, 0.25) is 0 Å². The van der Waals surface area contributed by atoms with Crippen molar-refractivity contribution in [2.24, 2.45) is 0 Å². The minimum Gasteiger partial charge on any atom is -0.504 e. The Morgan fingerprint density at radius 3 is 2.80 bits per heavy atom. The van der Waals surface area contributed by atoms with Crippen LogP contribution in [0.4, 0.5) is 0 Å². The SMILES string of the molecule is CCOCCCc1ccc(O)c(OC)c1. The third-order valence-corrected chi connectivity index (χ3v) is 2.20. The zero-order valence-electron chi connectivity index (χ0n) is 9.32. The predicted molar refractivity (Wildman–Crippen MR) is 59.5 cm³/mol. The maximum absolute atomic E-state index is 9.39. The number of phenolic OH excluding ortho intramolecular Hbond substituents is 1. The van der Waals surface area contributed by atoms with Crippen LogP contribution in [-0.2, 0) is 11.2 Å². The van der Waals surface area contributed by atoms with Crippen molar-refractivity contribution < 1.29 is 14.6 Å². The largest absolute Gasteiger partial charge is 0.504 e. The molecule has 0 bridgehead atoms. The van der Waals surface area contributed by atoms with Gasteiger partial charge in [0.05, 0.1) is 7.11 Å². The average Bonchev–Trinajstić information content (AvgIpc) is 2.26. The van der Waals surface area contributed by atoms with Gasteiger partial charge in [-0.1, -0.05) is 6.07 Å². The lowest BCUT2D eigenvalue weighted by molar-refractivity contribution is 0.145. The number of rotatable bonds is 6. The van der Waals surface area contributed by atoms with E-state index in [1.165, 1.54) is 0 Å². The third-order valence-electron chi connectivity index (χ3n) is 2.20. The maximum Gasteiger partial charge on any atom is 0.160 e. The summed E-state index contributed by atoms with van der Waals surface area (Å²) in [6.07, 6.45) is 1.93. The van der Waals surface area contributed by atoms with Gasteiger partial charge in [-0.05, 0) is 37.5 Å². The van der Waals surface area contributed by atoms with Gasteiger partial charge in [-0.2, -0.15) is 0 Å². The second kappa shape index (κ2) is 6.30. The van der Waals surface area contributed by atoms with Gasteiger partial charge in [0.25, 0.3) is 0 Å². The van der Waals surface area contributed by atoms with Gasteiger partial charge in [-0.3, -0.25) is 0 Å². The van der Waals surface area contributed by atoms with Crippen molar-refractivity contribution in [3.8, 4) is 11.5 Å². The molecule has 0 heterocycles. The minimum absolute atomic E-state index is 0.186. The van der Waals surface area contributed by atoms with Crippen LogP contribution >= 0.6 is 0 Å². The molecule has 0 saturated heterocycles. The smallest absolute Gasteiger partial charge is 0.160 e. The summed E-state index contributed by atoms with van der Waals surface area (Å²) in [6, 6.07) is 5.43. The monoisotopic (exact) mass is 210 g/mol. The molecule has 1 N–H and O–H groups in total. The summed E-state index contributed by atoms with van der Waals surface area (Å²) in [6.45, 7) is 3.53. The van der Waals surface area contributed by atoms with Crippen LogP contribution in [0.25, 0.3) is 0 Å². The van der Waals surface area contributed by atoms with Crippen LogP contribution in [0.1, 0.15) is 18.9 Å². The minimum atomic E-state index is 0.186. The summed E-state index contributed by atoms with van der Waals surface area (Å²) >= 11 is 0. The van der Waals surface area contributed by atoms with E-state index in [0.717, 1.165) is 31.6 Å². The standard InChI is InChI=1S/C12H18O3/c1-3-15-8-4-5-10-6-7-11(13)12(9-10)14-2/h6-7,9,13H,3-5,8H2,1-2H3. The van der Waals surface area contributed by atoms with E-state index in [0.29, 0.717) is 5.75 Å². The molecule has 0 aliphatic carbocycles. The van der Waals surface area contributed by atoms with Crippen LogP contribution in [-0.4, -0.2) is 25.4 Å². The molecule has 0 atom stereocenters. The molecule has 1 rings (SSSR count). The summed E-state index contributed by atoms with van der Waals surface area (Å²) in [4.78, 5) is 0. The van der Waals surface area contributed by atoms with Crippen LogP contribution in [0.2, 0.25) is 0 Å². The van der Waals surface area contributed by atoms with E-state index in [2.05, 4.69) is 0 Å². The fourth-order valence-corrected chi connectivity index (χ4v) is 1.40. The van der Waals surface area contributed by atoms with Crippen LogP contribution < -0.4 is 4.74 Å². The zero-order valence-corrected chi connectivity index (χ0v) is 9.32. The number of hydrogen-bond donors (Lipinski definition) is 1. The highest BCUT2D eigenvalue weighted by Gasteiger charge is 2.02.